The van der Waals surface area contributed by atoms with Crippen LogP contribution in [0.5, 0.6) is 0 Å². The van der Waals surface area contributed by atoms with E-state index in [-0.39, 0.29) is 5.91 Å². The Morgan fingerprint density at radius 2 is 2.20 bits per heavy atom. The van der Waals surface area contributed by atoms with E-state index in [1.807, 2.05) is 4.90 Å². The van der Waals surface area contributed by atoms with Crippen LogP contribution in [0.25, 0.3) is 0 Å². The lowest BCUT2D eigenvalue weighted by Crippen LogP contribution is -2.42. The fourth-order valence-corrected chi connectivity index (χ4v) is 2.14. The van der Waals surface area contributed by atoms with Gasteiger partial charge in [0.05, 0.1) is 0 Å². The standard InChI is InChI=1S/C11H23N3O/c1-10-9-13(2)7-4-8-14(10)11(15)5-3-6-12/h10H,3-9,12H2,1-2H3. The molecule has 88 valence electrons. The average molecular weight is 213 g/mol. The number of carbonyl (C=O) groups is 1. The summed E-state index contributed by atoms with van der Waals surface area (Å²) in [6.45, 7) is 5.70. The molecule has 1 rings (SSSR count). The Balaban J connectivity index is 2.47. The second-order valence-electron chi connectivity index (χ2n) is 4.44. The van der Waals surface area contributed by atoms with Gasteiger partial charge < -0.3 is 15.5 Å². The van der Waals surface area contributed by atoms with Crippen molar-refractivity contribution in [3.05, 3.63) is 0 Å². The largest absolute Gasteiger partial charge is 0.339 e. The lowest BCUT2D eigenvalue weighted by atomic mass is 10.2. The van der Waals surface area contributed by atoms with Crippen LogP contribution < -0.4 is 5.73 Å². The van der Waals surface area contributed by atoms with Crippen LogP contribution in [0.3, 0.4) is 0 Å². The third-order valence-electron chi connectivity index (χ3n) is 2.96. The number of nitrogens with two attached hydrogens (primary N) is 1. The highest BCUT2D eigenvalue weighted by atomic mass is 16.2. The molecule has 1 fully saturated rings. The fourth-order valence-electron chi connectivity index (χ4n) is 2.14. The maximum Gasteiger partial charge on any atom is 0.222 e. The van der Waals surface area contributed by atoms with E-state index in [4.69, 9.17) is 5.73 Å². The fraction of sp³-hybridized carbons (Fsp3) is 0.909. The zero-order valence-electron chi connectivity index (χ0n) is 9.91. The Hall–Kier alpha value is -0.610. The molecule has 0 bridgehead atoms. The minimum absolute atomic E-state index is 0.267. The van der Waals surface area contributed by atoms with Crippen molar-refractivity contribution in [1.29, 1.82) is 0 Å². The maximum atomic E-state index is 11.9. The Bertz CT molecular complexity index is 208. The topological polar surface area (TPSA) is 49.6 Å². The minimum atomic E-state index is 0.267. The quantitative estimate of drug-likeness (QED) is 0.732. The van der Waals surface area contributed by atoms with Gasteiger partial charge in [0.1, 0.15) is 0 Å². The van der Waals surface area contributed by atoms with Gasteiger partial charge in [-0.3, -0.25) is 4.79 Å². The number of hydrogen-bond acceptors (Lipinski definition) is 3. The van der Waals surface area contributed by atoms with Gasteiger partial charge >= 0.3 is 0 Å². The first-order chi connectivity index (χ1) is 7.15. The first kappa shape index (κ1) is 12.5. The third-order valence-corrected chi connectivity index (χ3v) is 2.96. The number of hydrogen-bond donors (Lipinski definition) is 1. The van der Waals surface area contributed by atoms with E-state index in [0.29, 0.717) is 19.0 Å². The van der Waals surface area contributed by atoms with Gasteiger partial charge in [-0.05, 0) is 39.9 Å². The molecule has 1 saturated heterocycles. The van der Waals surface area contributed by atoms with Crippen LogP contribution in [-0.4, -0.2) is 55.0 Å². The van der Waals surface area contributed by atoms with Gasteiger partial charge in [-0.25, -0.2) is 0 Å². The highest BCUT2D eigenvalue weighted by Crippen LogP contribution is 2.10. The van der Waals surface area contributed by atoms with Crippen molar-refractivity contribution >= 4 is 5.91 Å². The van der Waals surface area contributed by atoms with Crippen molar-refractivity contribution in [2.75, 3.05) is 33.2 Å². The summed E-state index contributed by atoms with van der Waals surface area (Å²) in [4.78, 5) is 16.2. The van der Waals surface area contributed by atoms with Gasteiger partial charge in [-0.2, -0.15) is 0 Å². The van der Waals surface area contributed by atoms with E-state index in [0.717, 1.165) is 32.5 Å². The van der Waals surface area contributed by atoms with Gasteiger partial charge in [0, 0.05) is 25.6 Å². The van der Waals surface area contributed by atoms with E-state index in [1.165, 1.54) is 0 Å². The molecular weight excluding hydrogens is 190 g/mol. The molecule has 0 aromatic heterocycles. The number of likely N-dealkylation sites (N-methyl/N-ethyl adjacent to an activating group) is 1. The van der Waals surface area contributed by atoms with Crippen molar-refractivity contribution in [2.45, 2.75) is 32.2 Å². The highest BCUT2D eigenvalue weighted by Gasteiger charge is 2.23. The molecule has 0 aliphatic carbocycles. The lowest BCUT2D eigenvalue weighted by molar-refractivity contribution is -0.133. The first-order valence-electron chi connectivity index (χ1n) is 5.83. The van der Waals surface area contributed by atoms with E-state index >= 15 is 0 Å². The average Bonchev–Trinajstić information content (AvgIpc) is 2.35. The van der Waals surface area contributed by atoms with Crippen LogP contribution in [-0.2, 0) is 4.79 Å². The predicted molar refractivity (Wildman–Crippen MR) is 61.6 cm³/mol. The van der Waals surface area contributed by atoms with Gasteiger partial charge in [-0.15, -0.1) is 0 Å². The molecular formula is C11H23N3O. The summed E-state index contributed by atoms with van der Waals surface area (Å²) in [6, 6.07) is 0.336. The number of carbonyl (C=O) groups excluding carboxylic acids is 1. The molecule has 2 N–H and O–H groups in total. The lowest BCUT2D eigenvalue weighted by Gasteiger charge is -2.28. The molecule has 0 spiro atoms. The zero-order chi connectivity index (χ0) is 11.3. The molecule has 4 nitrogen and oxygen atoms in total. The molecule has 0 saturated carbocycles. The van der Waals surface area contributed by atoms with Crippen molar-refractivity contribution in [3.8, 4) is 0 Å². The van der Waals surface area contributed by atoms with E-state index < -0.39 is 0 Å². The van der Waals surface area contributed by atoms with Crippen LogP contribution in [0.1, 0.15) is 26.2 Å². The Morgan fingerprint density at radius 1 is 1.47 bits per heavy atom. The molecule has 0 radical (unpaired) electrons. The van der Waals surface area contributed by atoms with E-state index in [1.54, 1.807) is 0 Å². The smallest absolute Gasteiger partial charge is 0.222 e. The van der Waals surface area contributed by atoms with Crippen LogP contribution in [0.2, 0.25) is 0 Å². The SMILES string of the molecule is CC1CN(C)CCCN1C(=O)CCCN. The summed E-state index contributed by atoms with van der Waals surface area (Å²) in [5, 5.41) is 0. The summed E-state index contributed by atoms with van der Waals surface area (Å²) in [6.07, 6.45) is 2.48. The molecule has 4 heteroatoms. The van der Waals surface area contributed by atoms with Crippen LogP contribution >= 0.6 is 0 Å². The summed E-state index contributed by atoms with van der Waals surface area (Å²) < 4.78 is 0. The summed E-state index contributed by atoms with van der Waals surface area (Å²) in [7, 11) is 2.12. The monoisotopic (exact) mass is 213 g/mol. The maximum absolute atomic E-state index is 11.9. The molecule has 1 atom stereocenters. The van der Waals surface area contributed by atoms with Gasteiger partial charge in [0.25, 0.3) is 0 Å². The van der Waals surface area contributed by atoms with E-state index in [9.17, 15) is 4.79 Å². The Labute approximate surface area is 92.4 Å². The molecule has 1 heterocycles. The number of rotatable bonds is 3. The molecule has 0 aromatic carbocycles. The number of nitrogens with zero attached hydrogens (tertiary/aromatic N) is 2. The van der Waals surface area contributed by atoms with E-state index in [2.05, 4.69) is 18.9 Å². The van der Waals surface area contributed by atoms with Crippen molar-refractivity contribution in [2.24, 2.45) is 5.73 Å². The molecule has 1 amide bonds. The summed E-state index contributed by atoms with van der Waals surface area (Å²) in [5.74, 6) is 0.267. The predicted octanol–water partition coefficient (Wildman–Crippen LogP) is 0.278. The summed E-state index contributed by atoms with van der Waals surface area (Å²) in [5.41, 5.74) is 5.41. The van der Waals surface area contributed by atoms with Crippen molar-refractivity contribution in [1.82, 2.24) is 9.80 Å². The Morgan fingerprint density at radius 3 is 2.87 bits per heavy atom. The van der Waals surface area contributed by atoms with Crippen molar-refractivity contribution < 1.29 is 4.79 Å². The number of amides is 1. The highest BCUT2D eigenvalue weighted by molar-refractivity contribution is 5.76. The molecule has 1 aliphatic rings. The molecule has 0 aromatic rings. The van der Waals surface area contributed by atoms with Crippen LogP contribution in [0.4, 0.5) is 0 Å². The molecule has 15 heavy (non-hydrogen) atoms. The summed E-state index contributed by atoms with van der Waals surface area (Å²) >= 11 is 0. The third kappa shape index (κ3) is 3.80. The van der Waals surface area contributed by atoms with Gasteiger partial charge in [0.15, 0.2) is 0 Å². The normalized spacial score (nSPS) is 23.9. The first-order valence-corrected chi connectivity index (χ1v) is 5.83. The van der Waals surface area contributed by atoms with Crippen LogP contribution in [0, 0.1) is 0 Å². The van der Waals surface area contributed by atoms with Gasteiger partial charge in [0.2, 0.25) is 5.91 Å². The second-order valence-corrected chi connectivity index (χ2v) is 4.44. The molecule has 1 unspecified atom stereocenters. The van der Waals surface area contributed by atoms with Crippen molar-refractivity contribution in [3.63, 3.8) is 0 Å². The minimum Gasteiger partial charge on any atom is -0.339 e. The molecule has 1 aliphatic heterocycles. The Kier molecular flexibility index (Phi) is 5.05. The second kappa shape index (κ2) is 6.08. The van der Waals surface area contributed by atoms with Crippen LogP contribution in [0.15, 0.2) is 0 Å². The zero-order valence-corrected chi connectivity index (χ0v) is 9.91. The van der Waals surface area contributed by atoms with Gasteiger partial charge in [-0.1, -0.05) is 0 Å².